The van der Waals surface area contributed by atoms with Crippen molar-refractivity contribution in [1.82, 2.24) is 9.13 Å². The van der Waals surface area contributed by atoms with Gasteiger partial charge in [-0.25, -0.2) is 4.57 Å². The number of halogens is 3. The number of aromatic nitrogens is 2. The average Bonchev–Trinajstić information content (AvgIpc) is 2.34. The largest absolute Gasteiger partial charge is 0.492 e. The number of ketones is 2. The van der Waals surface area contributed by atoms with Crippen molar-refractivity contribution in [1.29, 1.82) is 0 Å². The number of carbonyl (C=O) groups excluding carboxylic acids is 2. The van der Waals surface area contributed by atoms with Gasteiger partial charge in [0.2, 0.25) is 5.78 Å². The quantitative estimate of drug-likeness (QED) is 0.723. The number of Topliss-reactive ketones (excluding diaryl/α,β-unsaturated/α-hetero) is 1. The molecule has 1 aromatic heterocycles. The van der Waals surface area contributed by atoms with Gasteiger partial charge in [-0.3, -0.25) is 23.7 Å². The van der Waals surface area contributed by atoms with Gasteiger partial charge in [-0.15, -0.1) is 13.2 Å². The number of hydrogen-bond donors (Lipinski definition) is 1. The van der Waals surface area contributed by atoms with E-state index >= 15 is 0 Å². The molecule has 0 amide bonds. The molecule has 1 aliphatic rings. The van der Waals surface area contributed by atoms with E-state index in [0.717, 1.165) is 13.0 Å². The summed E-state index contributed by atoms with van der Waals surface area (Å²) in [5, 5.41) is 9.43. The maximum absolute atomic E-state index is 12.9. The molecule has 1 atom stereocenters. The van der Waals surface area contributed by atoms with Crippen LogP contribution in [0.1, 0.15) is 29.3 Å². The summed E-state index contributed by atoms with van der Waals surface area (Å²) in [5.41, 5.74) is -5.68. The highest BCUT2D eigenvalue weighted by Gasteiger charge is 2.41. The van der Waals surface area contributed by atoms with Gasteiger partial charge in [0.05, 0.1) is 5.69 Å². The van der Waals surface area contributed by atoms with Gasteiger partial charge in [0, 0.05) is 0 Å². The number of nitrogens with zero attached hydrogens (tertiary/aromatic N) is 2. The average molecular weight is 304 g/mol. The van der Waals surface area contributed by atoms with E-state index in [0.29, 0.717) is 10.6 Å². The van der Waals surface area contributed by atoms with Gasteiger partial charge in [-0.2, -0.15) is 0 Å². The number of alkyl halides is 3. The number of fused-ring (bicyclic) bond motifs is 1. The molecule has 1 N–H and O–H groups in total. The first-order valence-electron chi connectivity index (χ1n) is 5.51. The van der Waals surface area contributed by atoms with Crippen LogP contribution < -0.4 is 11.1 Å². The third kappa shape index (κ3) is 2.13. The fourth-order valence-corrected chi connectivity index (χ4v) is 1.98. The zero-order chi connectivity index (χ0) is 16.1. The SMILES string of the molecule is CC(O)n1c2c(n(C(F)(F)F)c(=O)c1=O)C(=O)C(=O)C=C2. The molecule has 0 aromatic carbocycles. The number of carbonyl (C=O) groups is 2. The highest BCUT2D eigenvalue weighted by atomic mass is 19.4. The predicted octanol–water partition coefficient (Wildman–Crippen LogP) is -0.224. The summed E-state index contributed by atoms with van der Waals surface area (Å²) in [6.45, 7) is 1.02. The van der Waals surface area contributed by atoms with Crippen LogP contribution in [0.2, 0.25) is 0 Å². The Bertz CT molecular complexity index is 798. The molecule has 0 bridgehead atoms. The van der Waals surface area contributed by atoms with Crippen LogP contribution in [0.3, 0.4) is 0 Å². The molecule has 2 rings (SSSR count). The maximum atomic E-state index is 12.9. The summed E-state index contributed by atoms with van der Waals surface area (Å²) in [5.74, 6) is -2.85. The number of allylic oxidation sites excluding steroid dienone is 1. The molecule has 1 unspecified atom stereocenters. The van der Waals surface area contributed by atoms with E-state index in [1.165, 1.54) is 0 Å². The van der Waals surface area contributed by atoms with E-state index in [1.807, 2.05) is 0 Å². The van der Waals surface area contributed by atoms with Crippen molar-refractivity contribution >= 4 is 17.6 Å². The minimum Gasteiger partial charge on any atom is -0.373 e. The number of hydrogen-bond acceptors (Lipinski definition) is 5. The zero-order valence-corrected chi connectivity index (χ0v) is 10.3. The van der Waals surface area contributed by atoms with E-state index in [4.69, 9.17) is 0 Å². The van der Waals surface area contributed by atoms with Gasteiger partial charge in [0.1, 0.15) is 11.9 Å². The van der Waals surface area contributed by atoms with Crippen LogP contribution in [0.25, 0.3) is 6.08 Å². The standard InChI is InChI=1S/C11H7F3N2O5/c1-4(17)15-5-2-3-6(18)8(19)7(5)16(11(12,13)14)10(21)9(15)20/h2-4,17H,1H3. The third-order valence-electron chi connectivity index (χ3n) is 2.79. The Balaban J connectivity index is 3.09. The summed E-state index contributed by atoms with van der Waals surface area (Å²) in [4.78, 5) is 46.2. The van der Waals surface area contributed by atoms with Crippen LogP contribution in [0.4, 0.5) is 13.2 Å². The van der Waals surface area contributed by atoms with Crippen LogP contribution in [-0.4, -0.2) is 25.8 Å². The Hall–Kier alpha value is -2.49. The highest BCUT2D eigenvalue weighted by molar-refractivity contribution is 6.49. The fraction of sp³-hybridized carbons (Fsp3) is 0.273. The van der Waals surface area contributed by atoms with Crippen LogP contribution in [-0.2, 0) is 11.1 Å². The maximum Gasteiger partial charge on any atom is 0.492 e. The normalized spacial score (nSPS) is 16.0. The van der Waals surface area contributed by atoms with Gasteiger partial charge < -0.3 is 5.11 Å². The molecular weight excluding hydrogens is 297 g/mol. The first-order valence-corrected chi connectivity index (χ1v) is 5.51. The summed E-state index contributed by atoms with van der Waals surface area (Å²) in [7, 11) is 0. The lowest BCUT2D eigenvalue weighted by molar-refractivity contribution is -0.207. The first-order chi connectivity index (χ1) is 9.57. The molecule has 7 nitrogen and oxygen atoms in total. The Morgan fingerprint density at radius 2 is 1.67 bits per heavy atom. The summed E-state index contributed by atoms with van der Waals surface area (Å²) in [6.07, 6.45) is -5.59. The lowest BCUT2D eigenvalue weighted by Gasteiger charge is -2.22. The molecule has 21 heavy (non-hydrogen) atoms. The van der Waals surface area contributed by atoms with E-state index in [9.17, 15) is 37.5 Å². The lowest BCUT2D eigenvalue weighted by Crippen LogP contribution is -2.50. The second-order valence-electron chi connectivity index (χ2n) is 4.18. The van der Waals surface area contributed by atoms with Crippen LogP contribution in [0.5, 0.6) is 0 Å². The Morgan fingerprint density at radius 3 is 2.14 bits per heavy atom. The molecular formula is C11H7F3N2O5. The predicted molar refractivity (Wildman–Crippen MR) is 61.6 cm³/mol. The Morgan fingerprint density at radius 1 is 1.10 bits per heavy atom. The number of aliphatic hydroxyl groups excluding tert-OH is 1. The first kappa shape index (κ1) is 14.9. The van der Waals surface area contributed by atoms with E-state index in [1.54, 1.807) is 0 Å². The topological polar surface area (TPSA) is 98.4 Å². The molecule has 0 aliphatic heterocycles. The zero-order valence-electron chi connectivity index (χ0n) is 10.3. The molecule has 1 aromatic rings. The number of aliphatic hydroxyl groups is 1. The molecule has 112 valence electrons. The molecule has 0 radical (unpaired) electrons. The van der Waals surface area contributed by atoms with Crippen molar-refractivity contribution in [3.63, 3.8) is 0 Å². The fourth-order valence-electron chi connectivity index (χ4n) is 1.98. The van der Waals surface area contributed by atoms with Crippen molar-refractivity contribution in [2.75, 3.05) is 0 Å². The van der Waals surface area contributed by atoms with Crippen LogP contribution >= 0.6 is 0 Å². The van der Waals surface area contributed by atoms with E-state index in [2.05, 4.69) is 0 Å². The molecule has 10 heteroatoms. The monoisotopic (exact) mass is 304 g/mol. The van der Waals surface area contributed by atoms with Gasteiger partial charge in [-0.05, 0) is 19.1 Å². The molecule has 0 fully saturated rings. The third-order valence-corrected chi connectivity index (χ3v) is 2.79. The Labute approximate surface area is 113 Å². The molecule has 1 aliphatic carbocycles. The van der Waals surface area contributed by atoms with Gasteiger partial charge in [0.15, 0.2) is 0 Å². The highest BCUT2D eigenvalue weighted by Crippen LogP contribution is 2.26. The van der Waals surface area contributed by atoms with Gasteiger partial charge >= 0.3 is 17.4 Å². The van der Waals surface area contributed by atoms with Gasteiger partial charge in [-0.1, -0.05) is 0 Å². The van der Waals surface area contributed by atoms with Crippen molar-refractivity contribution in [2.24, 2.45) is 0 Å². The van der Waals surface area contributed by atoms with Gasteiger partial charge in [0.25, 0.3) is 5.78 Å². The van der Waals surface area contributed by atoms with Crippen LogP contribution in [0, 0.1) is 0 Å². The second kappa shape index (κ2) is 4.52. The molecule has 0 spiro atoms. The van der Waals surface area contributed by atoms with Crippen molar-refractivity contribution < 1.29 is 27.9 Å². The lowest BCUT2D eigenvalue weighted by atomic mass is 10.0. The van der Waals surface area contributed by atoms with E-state index in [-0.39, 0.29) is 0 Å². The Kier molecular flexibility index (Phi) is 3.21. The van der Waals surface area contributed by atoms with Crippen molar-refractivity contribution in [2.45, 2.75) is 19.5 Å². The van der Waals surface area contributed by atoms with Crippen molar-refractivity contribution in [3.8, 4) is 0 Å². The molecule has 0 saturated heterocycles. The summed E-state index contributed by atoms with van der Waals surface area (Å²) in [6, 6.07) is 0. The molecule has 1 heterocycles. The minimum atomic E-state index is -5.36. The second-order valence-corrected chi connectivity index (χ2v) is 4.18. The van der Waals surface area contributed by atoms with Crippen molar-refractivity contribution in [3.05, 3.63) is 38.2 Å². The van der Waals surface area contributed by atoms with E-state index < -0.39 is 51.2 Å². The molecule has 0 saturated carbocycles. The summed E-state index contributed by atoms with van der Waals surface area (Å²) < 4.78 is 38.1. The number of rotatable bonds is 1. The summed E-state index contributed by atoms with van der Waals surface area (Å²) >= 11 is 0. The smallest absolute Gasteiger partial charge is 0.373 e. The van der Waals surface area contributed by atoms with Crippen LogP contribution in [0.15, 0.2) is 15.7 Å². The minimum absolute atomic E-state index is 0.320.